The van der Waals surface area contributed by atoms with Crippen LogP contribution in [0, 0.1) is 6.92 Å². The van der Waals surface area contributed by atoms with Crippen LogP contribution in [0.2, 0.25) is 0 Å². The van der Waals surface area contributed by atoms with E-state index < -0.39 is 10.0 Å². The molecule has 1 aliphatic heterocycles. The molecule has 0 bridgehead atoms. The Bertz CT molecular complexity index is 1000. The Morgan fingerprint density at radius 1 is 1.08 bits per heavy atom. The summed E-state index contributed by atoms with van der Waals surface area (Å²) in [6.07, 6.45) is 1.74. The molecule has 4 rings (SSSR count). The van der Waals surface area contributed by atoms with Crippen LogP contribution in [-0.4, -0.2) is 36.0 Å². The maximum Gasteiger partial charge on any atom is 0.293 e. The molecule has 0 aliphatic carbocycles. The normalized spacial score (nSPS) is 15.7. The van der Waals surface area contributed by atoms with Crippen molar-refractivity contribution in [2.45, 2.75) is 24.9 Å². The Kier molecular flexibility index (Phi) is 3.93. The van der Waals surface area contributed by atoms with Gasteiger partial charge in [0, 0.05) is 18.7 Å². The van der Waals surface area contributed by atoms with Gasteiger partial charge in [-0.3, -0.25) is 0 Å². The smallest absolute Gasteiger partial charge is 0.293 e. The fraction of sp³-hybridized carbons (Fsp3) is 0.294. The van der Waals surface area contributed by atoms with Crippen LogP contribution < -0.4 is 0 Å². The lowest BCUT2D eigenvalue weighted by atomic mass is 10.1. The first-order chi connectivity index (χ1) is 12.1. The zero-order valence-electron chi connectivity index (χ0n) is 13.7. The summed E-state index contributed by atoms with van der Waals surface area (Å²) in [5.41, 5.74) is 1.88. The second-order valence-corrected chi connectivity index (χ2v) is 7.84. The van der Waals surface area contributed by atoms with E-state index in [1.807, 2.05) is 31.2 Å². The number of nitrogens with zero attached hydrogens (tertiary/aromatic N) is 3. The minimum absolute atomic E-state index is 0.0972. The van der Waals surface area contributed by atoms with Crippen molar-refractivity contribution in [3.05, 3.63) is 42.0 Å². The lowest BCUT2D eigenvalue weighted by Crippen LogP contribution is -2.27. The second kappa shape index (κ2) is 6.12. The average molecular weight is 359 g/mol. The number of aryl methyl sites for hydroxylation is 1. The molecule has 8 heteroatoms. The number of sulfonamides is 1. The summed E-state index contributed by atoms with van der Waals surface area (Å²) in [7, 11) is -3.60. The molecule has 0 spiro atoms. The third-order valence-corrected chi connectivity index (χ3v) is 6.04. The van der Waals surface area contributed by atoms with Crippen molar-refractivity contribution in [2.24, 2.45) is 0 Å². The molecule has 25 heavy (non-hydrogen) atoms. The van der Waals surface area contributed by atoms with Crippen molar-refractivity contribution < 1.29 is 17.4 Å². The van der Waals surface area contributed by atoms with E-state index >= 15 is 0 Å². The third-order valence-electron chi connectivity index (χ3n) is 4.26. The van der Waals surface area contributed by atoms with E-state index in [1.165, 1.54) is 16.4 Å². The molecule has 3 heterocycles. The van der Waals surface area contributed by atoms with Gasteiger partial charge in [0.25, 0.3) is 15.9 Å². The van der Waals surface area contributed by atoms with Gasteiger partial charge in [0.1, 0.15) is 0 Å². The molecular formula is C17H17N3O4S. The Balaban J connectivity index is 1.64. The number of hydrogen-bond acceptors (Lipinski definition) is 6. The van der Waals surface area contributed by atoms with Gasteiger partial charge in [0.15, 0.2) is 5.76 Å². The average Bonchev–Trinajstić information content (AvgIpc) is 3.34. The zero-order valence-corrected chi connectivity index (χ0v) is 14.5. The van der Waals surface area contributed by atoms with Crippen molar-refractivity contribution in [1.29, 1.82) is 0 Å². The minimum Gasteiger partial charge on any atom is -0.438 e. The topological polar surface area (TPSA) is 89.4 Å². The number of hydrogen-bond donors (Lipinski definition) is 0. The fourth-order valence-corrected chi connectivity index (χ4v) is 4.31. The van der Waals surface area contributed by atoms with Gasteiger partial charge >= 0.3 is 0 Å². The van der Waals surface area contributed by atoms with Gasteiger partial charge in [-0.15, -0.1) is 0 Å². The van der Waals surface area contributed by atoms with Gasteiger partial charge in [-0.2, -0.15) is 9.29 Å². The summed E-state index contributed by atoms with van der Waals surface area (Å²) in [6, 6.07) is 10.7. The van der Waals surface area contributed by atoms with Crippen LogP contribution in [0.5, 0.6) is 0 Å². The molecule has 1 aliphatic rings. The number of aromatic nitrogens is 2. The predicted molar refractivity (Wildman–Crippen MR) is 90.2 cm³/mol. The summed E-state index contributed by atoms with van der Waals surface area (Å²) in [4.78, 5) is 4.32. The van der Waals surface area contributed by atoms with E-state index in [-0.39, 0.29) is 16.7 Å². The zero-order chi connectivity index (χ0) is 17.4. The number of furan rings is 1. The first-order valence-corrected chi connectivity index (χ1v) is 9.50. The lowest BCUT2D eigenvalue weighted by molar-refractivity contribution is 0.388. The van der Waals surface area contributed by atoms with Crippen LogP contribution >= 0.6 is 0 Å². The minimum atomic E-state index is -3.60. The predicted octanol–water partition coefficient (Wildman–Crippen LogP) is 3.09. The van der Waals surface area contributed by atoms with Crippen LogP contribution in [-0.2, 0) is 10.0 Å². The summed E-state index contributed by atoms with van der Waals surface area (Å²) >= 11 is 0. The highest BCUT2D eigenvalue weighted by atomic mass is 32.2. The molecule has 0 radical (unpaired) electrons. The molecule has 0 saturated carbocycles. The Hall–Kier alpha value is -2.45. The summed E-state index contributed by atoms with van der Waals surface area (Å²) in [5.74, 6) is 0.833. The Morgan fingerprint density at radius 3 is 2.60 bits per heavy atom. The van der Waals surface area contributed by atoms with E-state index in [9.17, 15) is 8.42 Å². The standard InChI is InChI=1S/C17H17N3O4S/c1-12-6-2-3-7-13(12)16-18-17(24-19-16)14-8-9-15(23-14)25(21,22)20-10-4-5-11-20/h2-3,6-9H,4-5,10-11H2,1H3. The van der Waals surface area contributed by atoms with Gasteiger partial charge < -0.3 is 8.94 Å². The highest BCUT2D eigenvalue weighted by molar-refractivity contribution is 7.89. The second-order valence-electron chi connectivity index (χ2n) is 5.97. The molecule has 130 valence electrons. The van der Waals surface area contributed by atoms with E-state index in [4.69, 9.17) is 8.94 Å². The molecule has 0 atom stereocenters. The maximum atomic E-state index is 12.5. The van der Waals surface area contributed by atoms with Crippen LogP contribution in [0.1, 0.15) is 18.4 Å². The van der Waals surface area contributed by atoms with Gasteiger partial charge in [-0.05, 0) is 37.5 Å². The maximum absolute atomic E-state index is 12.5. The lowest BCUT2D eigenvalue weighted by Gasteiger charge is -2.12. The molecule has 3 aromatic rings. The van der Waals surface area contributed by atoms with Crippen molar-refractivity contribution in [2.75, 3.05) is 13.1 Å². The molecular weight excluding hydrogens is 342 g/mol. The SMILES string of the molecule is Cc1ccccc1-c1noc(-c2ccc(S(=O)(=O)N3CCCC3)o2)n1. The summed E-state index contributed by atoms with van der Waals surface area (Å²) < 4.78 is 37.2. The number of benzene rings is 1. The third kappa shape index (κ3) is 2.87. The van der Waals surface area contributed by atoms with Crippen molar-refractivity contribution in [3.8, 4) is 23.0 Å². The van der Waals surface area contributed by atoms with Crippen molar-refractivity contribution in [1.82, 2.24) is 14.4 Å². The molecule has 0 N–H and O–H groups in total. The van der Waals surface area contributed by atoms with E-state index in [1.54, 1.807) is 0 Å². The highest BCUT2D eigenvalue weighted by Crippen LogP contribution is 2.29. The summed E-state index contributed by atoms with van der Waals surface area (Å²) in [6.45, 7) is 3.01. The molecule has 0 amide bonds. The fourth-order valence-electron chi connectivity index (χ4n) is 2.89. The number of rotatable bonds is 4. The van der Waals surface area contributed by atoms with Crippen LogP contribution in [0.25, 0.3) is 23.0 Å². The van der Waals surface area contributed by atoms with Crippen LogP contribution in [0.15, 0.2) is 50.4 Å². The summed E-state index contributed by atoms with van der Waals surface area (Å²) in [5, 5.41) is 3.87. The Labute approximate surface area is 145 Å². The first-order valence-electron chi connectivity index (χ1n) is 8.06. The van der Waals surface area contributed by atoms with E-state index in [0.29, 0.717) is 18.9 Å². The van der Waals surface area contributed by atoms with Crippen molar-refractivity contribution >= 4 is 10.0 Å². The quantitative estimate of drug-likeness (QED) is 0.711. The molecule has 7 nitrogen and oxygen atoms in total. The monoisotopic (exact) mass is 359 g/mol. The largest absolute Gasteiger partial charge is 0.438 e. The molecule has 0 unspecified atom stereocenters. The highest BCUT2D eigenvalue weighted by Gasteiger charge is 2.30. The van der Waals surface area contributed by atoms with E-state index in [2.05, 4.69) is 10.1 Å². The van der Waals surface area contributed by atoms with Gasteiger partial charge in [-0.1, -0.05) is 29.4 Å². The van der Waals surface area contributed by atoms with Gasteiger partial charge in [-0.25, -0.2) is 8.42 Å². The van der Waals surface area contributed by atoms with Crippen LogP contribution in [0.3, 0.4) is 0 Å². The first kappa shape index (κ1) is 16.0. The van der Waals surface area contributed by atoms with Gasteiger partial charge in [0.2, 0.25) is 10.9 Å². The Morgan fingerprint density at radius 2 is 1.84 bits per heavy atom. The van der Waals surface area contributed by atoms with Crippen molar-refractivity contribution in [3.63, 3.8) is 0 Å². The van der Waals surface area contributed by atoms with Crippen LogP contribution in [0.4, 0.5) is 0 Å². The van der Waals surface area contributed by atoms with Gasteiger partial charge in [0.05, 0.1) is 0 Å². The van der Waals surface area contributed by atoms with E-state index in [0.717, 1.165) is 24.0 Å². The molecule has 1 saturated heterocycles. The molecule has 1 fully saturated rings. The molecule has 1 aromatic carbocycles. The molecule has 2 aromatic heterocycles.